The first kappa shape index (κ1) is 17.5. The van der Waals surface area contributed by atoms with Crippen molar-refractivity contribution in [1.29, 1.82) is 0 Å². The van der Waals surface area contributed by atoms with Crippen molar-refractivity contribution in [2.45, 2.75) is 32.2 Å². The molecule has 2 saturated heterocycles. The van der Waals surface area contributed by atoms with E-state index in [-0.39, 0.29) is 24.8 Å². The van der Waals surface area contributed by atoms with Gasteiger partial charge in [-0.25, -0.2) is 0 Å². The second kappa shape index (κ2) is 9.40. The summed E-state index contributed by atoms with van der Waals surface area (Å²) in [5.74, 6) is 0.983. The van der Waals surface area contributed by atoms with E-state index in [9.17, 15) is 0 Å². The number of nitrogens with one attached hydrogen (secondary N) is 2. The fourth-order valence-electron chi connectivity index (χ4n) is 2.75. The number of rotatable bonds is 3. The van der Waals surface area contributed by atoms with Crippen molar-refractivity contribution in [3.05, 3.63) is 0 Å². The number of nitrogens with zero attached hydrogens (tertiary/aromatic N) is 1. The first-order chi connectivity index (χ1) is 7.34. The third-order valence-corrected chi connectivity index (χ3v) is 3.77. The fourth-order valence-corrected chi connectivity index (χ4v) is 2.75. The third-order valence-electron chi connectivity index (χ3n) is 3.77. The van der Waals surface area contributed by atoms with E-state index in [1.54, 1.807) is 0 Å². The van der Waals surface area contributed by atoms with Gasteiger partial charge in [-0.3, -0.25) is 0 Å². The summed E-state index contributed by atoms with van der Waals surface area (Å²) in [4.78, 5) is 2.63. The molecule has 0 amide bonds. The van der Waals surface area contributed by atoms with E-state index in [4.69, 9.17) is 0 Å². The SMILES string of the molecule is CC1CN(CCC2CCNCC2)CCN1.Cl.Cl. The molecule has 1 atom stereocenters. The van der Waals surface area contributed by atoms with Gasteiger partial charge in [0.15, 0.2) is 0 Å². The predicted octanol–water partition coefficient (Wildman–Crippen LogP) is 1.51. The molecule has 104 valence electrons. The minimum Gasteiger partial charge on any atom is -0.317 e. The van der Waals surface area contributed by atoms with Gasteiger partial charge in [-0.15, -0.1) is 24.8 Å². The van der Waals surface area contributed by atoms with Crippen LogP contribution in [0.3, 0.4) is 0 Å². The van der Waals surface area contributed by atoms with E-state index in [0.717, 1.165) is 5.92 Å². The lowest BCUT2D eigenvalue weighted by Gasteiger charge is -2.33. The van der Waals surface area contributed by atoms with Crippen LogP contribution in [0.4, 0.5) is 0 Å². The van der Waals surface area contributed by atoms with E-state index in [2.05, 4.69) is 22.5 Å². The van der Waals surface area contributed by atoms with Crippen LogP contribution in [-0.4, -0.2) is 50.2 Å². The highest BCUT2D eigenvalue weighted by Gasteiger charge is 2.18. The molecule has 2 aliphatic heterocycles. The minimum absolute atomic E-state index is 0. The molecule has 0 bridgehead atoms. The Labute approximate surface area is 118 Å². The van der Waals surface area contributed by atoms with Gasteiger partial charge in [-0.2, -0.15) is 0 Å². The molecule has 0 aromatic carbocycles. The van der Waals surface area contributed by atoms with Crippen LogP contribution in [0.5, 0.6) is 0 Å². The maximum atomic E-state index is 3.50. The van der Waals surface area contributed by atoms with Gasteiger partial charge in [0.2, 0.25) is 0 Å². The molecule has 2 heterocycles. The van der Waals surface area contributed by atoms with Crippen LogP contribution < -0.4 is 10.6 Å². The monoisotopic (exact) mass is 283 g/mol. The molecule has 2 N–H and O–H groups in total. The van der Waals surface area contributed by atoms with E-state index in [0.29, 0.717) is 6.04 Å². The maximum Gasteiger partial charge on any atom is 0.0167 e. The molecule has 17 heavy (non-hydrogen) atoms. The number of hydrogen-bond donors (Lipinski definition) is 2. The topological polar surface area (TPSA) is 27.3 Å². The van der Waals surface area contributed by atoms with E-state index >= 15 is 0 Å². The minimum atomic E-state index is 0. The van der Waals surface area contributed by atoms with Crippen LogP contribution >= 0.6 is 24.8 Å². The van der Waals surface area contributed by atoms with Gasteiger partial charge in [0.05, 0.1) is 0 Å². The van der Waals surface area contributed by atoms with Crippen LogP contribution in [0, 0.1) is 5.92 Å². The lowest BCUT2D eigenvalue weighted by atomic mass is 9.94. The molecule has 0 radical (unpaired) electrons. The predicted molar refractivity (Wildman–Crippen MR) is 78.6 cm³/mol. The Morgan fingerprint density at radius 2 is 1.82 bits per heavy atom. The summed E-state index contributed by atoms with van der Waals surface area (Å²) in [6.07, 6.45) is 4.19. The average molecular weight is 284 g/mol. The lowest BCUT2D eigenvalue weighted by molar-refractivity contribution is 0.187. The zero-order valence-corrected chi connectivity index (χ0v) is 12.4. The third kappa shape index (κ3) is 6.25. The van der Waals surface area contributed by atoms with Crippen molar-refractivity contribution in [2.75, 3.05) is 39.3 Å². The molecule has 0 aromatic rings. The van der Waals surface area contributed by atoms with E-state index in [1.165, 1.54) is 58.5 Å². The van der Waals surface area contributed by atoms with Crippen LogP contribution in [0.15, 0.2) is 0 Å². The van der Waals surface area contributed by atoms with Crippen molar-refractivity contribution in [1.82, 2.24) is 15.5 Å². The van der Waals surface area contributed by atoms with E-state index < -0.39 is 0 Å². The number of halogens is 2. The first-order valence-corrected chi connectivity index (χ1v) is 6.51. The Hall–Kier alpha value is 0.460. The van der Waals surface area contributed by atoms with Gasteiger partial charge in [0.25, 0.3) is 0 Å². The number of hydrogen-bond acceptors (Lipinski definition) is 3. The molecule has 0 aromatic heterocycles. The Morgan fingerprint density at radius 1 is 1.12 bits per heavy atom. The Morgan fingerprint density at radius 3 is 2.47 bits per heavy atom. The molecule has 0 spiro atoms. The van der Waals surface area contributed by atoms with Gasteiger partial charge in [0.1, 0.15) is 0 Å². The Bertz CT molecular complexity index is 187. The molecule has 3 nitrogen and oxygen atoms in total. The molecule has 2 aliphatic rings. The van der Waals surface area contributed by atoms with Crippen molar-refractivity contribution >= 4 is 24.8 Å². The fraction of sp³-hybridized carbons (Fsp3) is 1.00. The largest absolute Gasteiger partial charge is 0.317 e. The molecule has 2 fully saturated rings. The highest BCUT2D eigenvalue weighted by Crippen LogP contribution is 2.16. The van der Waals surface area contributed by atoms with Crippen molar-refractivity contribution < 1.29 is 0 Å². The number of piperidine rings is 1. The molecule has 0 saturated carbocycles. The number of piperazine rings is 1. The van der Waals surface area contributed by atoms with Crippen molar-refractivity contribution in [3.63, 3.8) is 0 Å². The summed E-state index contributed by atoms with van der Waals surface area (Å²) >= 11 is 0. The average Bonchev–Trinajstić information content (AvgIpc) is 2.28. The van der Waals surface area contributed by atoms with Crippen LogP contribution in [0.2, 0.25) is 0 Å². The van der Waals surface area contributed by atoms with Crippen molar-refractivity contribution in [3.8, 4) is 0 Å². The second-order valence-corrected chi connectivity index (χ2v) is 5.14. The summed E-state index contributed by atoms with van der Waals surface area (Å²) < 4.78 is 0. The van der Waals surface area contributed by atoms with Crippen LogP contribution in [0.25, 0.3) is 0 Å². The zero-order chi connectivity index (χ0) is 10.5. The smallest absolute Gasteiger partial charge is 0.0167 e. The summed E-state index contributed by atoms with van der Waals surface area (Å²) in [7, 11) is 0. The molecule has 5 heteroatoms. The molecule has 0 aliphatic carbocycles. The molecule has 2 rings (SSSR count). The van der Waals surface area contributed by atoms with Gasteiger partial charge in [0, 0.05) is 25.7 Å². The summed E-state index contributed by atoms with van der Waals surface area (Å²) in [6, 6.07) is 0.687. The van der Waals surface area contributed by atoms with Gasteiger partial charge in [-0.05, 0) is 51.7 Å². The Balaban J connectivity index is 0.00000128. The molecular weight excluding hydrogens is 257 g/mol. The van der Waals surface area contributed by atoms with Gasteiger partial charge in [-0.1, -0.05) is 0 Å². The normalized spacial score (nSPS) is 27.0. The van der Waals surface area contributed by atoms with Gasteiger partial charge >= 0.3 is 0 Å². The highest BCUT2D eigenvalue weighted by atomic mass is 35.5. The second-order valence-electron chi connectivity index (χ2n) is 5.14. The molecule has 1 unspecified atom stereocenters. The zero-order valence-electron chi connectivity index (χ0n) is 10.8. The highest BCUT2D eigenvalue weighted by molar-refractivity contribution is 5.85. The summed E-state index contributed by atoms with van der Waals surface area (Å²) in [5.41, 5.74) is 0. The maximum absolute atomic E-state index is 3.50. The first-order valence-electron chi connectivity index (χ1n) is 6.51. The lowest BCUT2D eigenvalue weighted by Crippen LogP contribution is -2.49. The van der Waals surface area contributed by atoms with Gasteiger partial charge < -0.3 is 15.5 Å². The summed E-state index contributed by atoms with van der Waals surface area (Å²) in [5, 5.41) is 6.93. The summed E-state index contributed by atoms with van der Waals surface area (Å²) in [6.45, 7) is 9.74. The Kier molecular flexibility index (Phi) is 9.65. The van der Waals surface area contributed by atoms with Crippen LogP contribution in [0.1, 0.15) is 26.2 Å². The standard InChI is InChI=1S/C12H25N3.2ClH/c1-11-10-15(9-7-14-11)8-4-12-2-5-13-6-3-12;;/h11-14H,2-10H2,1H3;2*1H. The van der Waals surface area contributed by atoms with E-state index in [1.807, 2.05) is 0 Å². The quantitative estimate of drug-likeness (QED) is 0.823. The van der Waals surface area contributed by atoms with Crippen LogP contribution in [-0.2, 0) is 0 Å². The van der Waals surface area contributed by atoms with Crippen molar-refractivity contribution in [2.24, 2.45) is 5.92 Å². The molecular formula is C12H27Cl2N3.